The molecule has 0 unspecified atom stereocenters. The van der Waals surface area contributed by atoms with E-state index in [0.717, 1.165) is 6.42 Å². The summed E-state index contributed by atoms with van der Waals surface area (Å²) in [6.07, 6.45) is 7.97. The highest BCUT2D eigenvalue weighted by Crippen LogP contribution is 1.91. The fourth-order valence-electron chi connectivity index (χ4n) is 0.440. The highest BCUT2D eigenvalue weighted by Gasteiger charge is 1.88. The van der Waals surface area contributed by atoms with E-state index in [0.29, 0.717) is 0 Å². The molecule has 0 fully saturated rings. The van der Waals surface area contributed by atoms with Crippen LogP contribution in [-0.2, 0) is 0 Å². The van der Waals surface area contributed by atoms with E-state index in [9.17, 15) is 0 Å². The Morgan fingerprint density at radius 3 is 2.56 bits per heavy atom. The van der Waals surface area contributed by atoms with E-state index in [1.54, 1.807) is 6.08 Å². The van der Waals surface area contributed by atoms with Gasteiger partial charge in [0.1, 0.15) is 0 Å². The predicted molar refractivity (Wildman–Crippen MR) is 40.3 cm³/mol. The molecule has 0 spiro atoms. The van der Waals surface area contributed by atoms with E-state index >= 15 is 0 Å². The van der Waals surface area contributed by atoms with Gasteiger partial charge in [-0.05, 0) is 13.3 Å². The van der Waals surface area contributed by atoms with E-state index < -0.39 is 0 Å². The van der Waals surface area contributed by atoms with Crippen molar-refractivity contribution in [3.05, 3.63) is 24.3 Å². The van der Waals surface area contributed by atoms with Crippen molar-refractivity contribution in [1.82, 2.24) is 0 Å². The lowest BCUT2D eigenvalue weighted by atomic mass is 10.2. The molecular formula is C8H14O. The van der Waals surface area contributed by atoms with Gasteiger partial charge in [0, 0.05) is 0 Å². The highest BCUT2D eigenvalue weighted by atomic mass is 16.3. The molecule has 1 N–H and O–H groups in total. The Morgan fingerprint density at radius 1 is 1.44 bits per heavy atom. The molecule has 0 rings (SSSR count). The second-order valence-electron chi connectivity index (χ2n) is 1.89. The fraction of sp³-hybridized carbons (Fsp3) is 0.500. The molecule has 0 amide bonds. The maximum Gasteiger partial charge on any atom is 0.0721 e. The molecule has 0 saturated carbocycles. The summed E-state index contributed by atoms with van der Waals surface area (Å²) >= 11 is 0. The Kier molecular flexibility index (Phi) is 5.23. The van der Waals surface area contributed by atoms with E-state index in [2.05, 4.69) is 0 Å². The molecule has 0 aliphatic rings. The molecule has 52 valence electrons. The first-order valence-corrected chi connectivity index (χ1v) is 3.28. The minimum atomic E-state index is -0.277. The van der Waals surface area contributed by atoms with Crippen LogP contribution in [0.2, 0.25) is 0 Å². The van der Waals surface area contributed by atoms with Crippen molar-refractivity contribution in [3.63, 3.8) is 0 Å². The lowest BCUT2D eigenvalue weighted by Gasteiger charge is -1.95. The Bertz CT molecular complexity index is 103. The zero-order chi connectivity index (χ0) is 7.11. The topological polar surface area (TPSA) is 20.2 Å². The third-order valence-corrected chi connectivity index (χ3v) is 1.06. The molecule has 0 aromatic rings. The second-order valence-corrected chi connectivity index (χ2v) is 1.89. The summed E-state index contributed by atoms with van der Waals surface area (Å²) in [5.41, 5.74) is 0. The maximum atomic E-state index is 8.96. The first-order valence-electron chi connectivity index (χ1n) is 3.28. The first kappa shape index (κ1) is 8.44. The van der Waals surface area contributed by atoms with E-state index in [1.165, 1.54) is 0 Å². The summed E-state index contributed by atoms with van der Waals surface area (Å²) in [6, 6.07) is 0. The van der Waals surface area contributed by atoms with Crippen LogP contribution in [0.15, 0.2) is 24.3 Å². The van der Waals surface area contributed by atoms with Gasteiger partial charge in [0.05, 0.1) is 6.10 Å². The molecule has 0 aliphatic carbocycles. The van der Waals surface area contributed by atoms with E-state index in [-0.39, 0.29) is 6.10 Å². The molecule has 9 heavy (non-hydrogen) atoms. The summed E-state index contributed by atoms with van der Waals surface area (Å²) in [5.74, 6) is 0. The molecule has 0 aliphatic heterocycles. The van der Waals surface area contributed by atoms with Gasteiger partial charge in [-0.1, -0.05) is 31.2 Å². The predicted octanol–water partition coefficient (Wildman–Crippen LogP) is 1.89. The first-order chi connectivity index (χ1) is 4.31. The number of aliphatic hydroxyl groups is 1. The molecule has 0 aromatic heterocycles. The Balaban J connectivity index is 3.43. The Hall–Kier alpha value is -0.560. The number of hydrogen-bond acceptors (Lipinski definition) is 1. The van der Waals surface area contributed by atoms with Crippen molar-refractivity contribution in [2.75, 3.05) is 0 Å². The second kappa shape index (κ2) is 5.57. The highest BCUT2D eigenvalue weighted by molar-refractivity contribution is 5.03. The third kappa shape index (κ3) is 5.31. The average molecular weight is 126 g/mol. The maximum absolute atomic E-state index is 8.96. The quantitative estimate of drug-likeness (QED) is 0.572. The summed E-state index contributed by atoms with van der Waals surface area (Å²) in [6.45, 7) is 3.90. The summed E-state index contributed by atoms with van der Waals surface area (Å²) < 4.78 is 0. The van der Waals surface area contributed by atoms with Crippen LogP contribution >= 0.6 is 0 Å². The zero-order valence-corrected chi connectivity index (χ0v) is 6.04. The van der Waals surface area contributed by atoms with Gasteiger partial charge in [0.15, 0.2) is 0 Å². The average Bonchev–Trinajstić information content (AvgIpc) is 1.89. The normalized spacial score (nSPS) is 15.4. The van der Waals surface area contributed by atoms with Crippen molar-refractivity contribution in [2.45, 2.75) is 26.4 Å². The molecule has 0 bridgehead atoms. The van der Waals surface area contributed by atoms with Crippen molar-refractivity contribution < 1.29 is 5.11 Å². The molecule has 0 aromatic carbocycles. The van der Waals surface area contributed by atoms with Gasteiger partial charge in [-0.3, -0.25) is 0 Å². The number of allylic oxidation sites excluding steroid dienone is 3. The van der Waals surface area contributed by atoms with Crippen LogP contribution in [-0.4, -0.2) is 11.2 Å². The van der Waals surface area contributed by atoms with Crippen molar-refractivity contribution >= 4 is 0 Å². The van der Waals surface area contributed by atoms with E-state index in [4.69, 9.17) is 5.11 Å². The molecule has 1 nitrogen and oxygen atoms in total. The van der Waals surface area contributed by atoms with Gasteiger partial charge in [-0.25, -0.2) is 0 Å². The molecule has 1 heteroatoms. The van der Waals surface area contributed by atoms with Crippen LogP contribution in [0.25, 0.3) is 0 Å². The molecule has 0 heterocycles. The minimum Gasteiger partial charge on any atom is -0.389 e. The Morgan fingerprint density at radius 2 is 2.11 bits per heavy atom. The van der Waals surface area contributed by atoms with Gasteiger partial charge < -0.3 is 5.11 Å². The summed E-state index contributed by atoms with van der Waals surface area (Å²) in [5, 5.41) is 8.96. The SMILES string of the molecule is C/C=C/C=C/[C@@H](O)CC. The van der Waals surface area contributed by atoms with Crippen LogP contribution in [0.3, 0.4) is 0 Å². The van der Waals surface area contributed by atoms with Gasteiger partial charge in [0.25, 0.3) is 0 Å². The third-order valence-electron chi connectivity index (χ3n) is 1.06. The standard InChI is InChI=1S/C8H14O/c1-3-5-6-7-8(9)4-2/h3,5-9H,4H2,1-2H3/b5-3+,7-6+/t8-/m0/s1. The molecular weight excluding hydrogens is 112 g/mol. The molecule has 1 atom stereocenters. The monoisotopic (exact) mass is 126 g/mol. The lowest BCUT2D eigenvalue weighted by molar-refractivity contribution is 0.219. The Labute approximate surface area is 56.7 Å². The van der Waals surface area contributed by atoms with Crippen LogP contribution in [0.4, 0.5) is 0 Å². The van der Waals surface area contributed by atoms with Gasteiger partial charge >= 0.3 is 0 Å². The molecule has 0 saturated heterocycles. The fourth-order valence-corrected chi connectivity index (χ4v) is 0.440. The number of rotatable bonds is 3. The van der Waals surface area contributed by atoms with Crippen LogP contribution in [0, 0.1) is 0 Å². The van der Waals surface area contributed by atoms with Crippen molar-refractivity contribution in [2.24, 2.45) is 0 Å². The minimum absolute atomic E-state index is 0.277. The van der Waals surface area contributed by atoms with Gasteiger partial charge in [-0.2, -0.15) is 0 Å². The summed E-state index contributed by atoms with van der Waals surface area (Å²) in [4.78, 5) is 0. The van der Waals surface area contributed by atoms with Crippen LogP contribution in [0.1, 0.15) is 20.3 Å². The number of hydrogen-bond donors (Lipinski definition) is 1. The lowest BCUT2D eigenvalue weighted by Crippen LogP contribution is -1.97. The largest absolute Gasteiger partial charge is 0.389 e. The van der Waals surface area contributed by atoms with Crippen LogP contribution in [0.5, 0.6) is 0 Å². The van der Waals surface area contributed by atoms with Gasteiger partial charge in [0.2, 0.25) is 0 Å². The van der Waals surface area contributed by atoms with E-state index in [1.807, 2.05) is 32.1 Å². The van der Waals surface area contributed by atoms with Crippen molar-refractivity contribution in [1.29, 1.82) is 0 Å². The van der Waals surface area contributed by atoms with Crippen LogP contribution < -0.4 is 0 Å². The zero-order valence-electron chi connectivity index (χ0n) is 6.04. The smallest absolute Gasteiger partial charge is 0.0721 e. The molecule has 0 radical (unpaired) electrons. The van der Waals surface area contributed by atoms with Gasteiger partial charge in [-0.15, -0.1) is 0 Å². The number of aliphatic hydroxyl groups excluding tert-OH is 1. The summed E-state index contributed by atoms with van der Waals surface area (Å²) in [7, 11) is 0. The van der Waals surface area contributed by atoms with Crippen molar-refractivity contribution in [3.8, 4) is 0 Å².